The Morgan fingerprint density at radius 2 is 1.83 bits per heavy atom. The van der Waals surface area contributed by atoms with Crippen molar-refractivity contribution in [3.8, 4) is 0 Å². The van der Waals surface area contributed by atoms with Crippen LogP contribution in [0.3, 0.4) is 0 Å². The fourth-order valence-electron chi connectivity index (χ4n) is 2.15. The molecule has 18 heavy (non-hydrogen) atoms. The normalized spacial score (nSPS) is 10.9. The van der Waals surface area contributed by atoms with Crippen LogP contribution in [0.25, 0.3) is 10.9 Å². The third-order valence-electron chi connectivity index (χ3n) is 3.12. The van der Waals surface area contributed by atoms with Gasteiger partial charge in [0.05, 0.1) is 18.3 Å². The minimum atomic E-state index is 0.569. The molecule has 2 N–H and O–H groups in total. The van der Waals surface area contributed by atoms with Gasteiger partial charge in [0.15, 0.2) is 0 Å². The number of fused-ring (bicyclic) bond motifs is 1. The summed E-state index contributed by atoms with van der Waals surface area (Å²) in [6, 6.07) is 16.6. The Labute approximate surface area is 106 Å². The van der Waals surface area contributed by atoms with Crippen molar-refractivity contribution < 1.29 is 0 Å². The Bertz CT molecular complexity index is 656. The van der Waals surface area contributed by atoms with Crippen LogP contribution >= 0.6 is 0 Å². The van der Waals surface area contributed by atoms with E-state index in [9.17, 15) is 0 Å². The summed E-state index contributed by atoms with van der Waals surface area (Å²) in [6.45, 7) is 1.37. The maximum absolute atomic E-state index is 5.64. The second-order valence-corrected chi connectivity index (χ2v) is 4.39. The van der Waals surface area contributed by atoms with Gasteiger partial charge in [0, 0.05) is 11.9 Å². The Kier molecular flexibility index (Phi) is 2.82. The van der Waals surface area contributed by atoms with Crippen molar-refractivity contribution in [2.45, 2.75) is 13.1 Å². The first-order valence-corrected chi connectivity index (χ1v) is 6.05. The molecule has 0 aliphatic rings. The maximum atomic E-state index is 5.64. The van der Waals surface area contributed by atoms with Crippen LogP contribution < -0.4 is 5.73 Å². The first-order chi connectivity index (χ1) is 8.86. The van der Waals surface area contributed by atoms with Crippen molar-refractivity contribution in [2.75, 3.05) is 0 Å². The van der Waals surface area contributed by atoms with Crippen LogP contribution in [0.15, 0.2) is 54.7 Å². The van der Waals surface area contributed by atoms with Crippen LogP contribution in [-0.2, 0) is 13.1 Å². The van der Waals surface area contributed by atoms with Gasteiger partial charge in [0.25, 0.3) is 0 Å². The zero-order chi connectivity index (χ0) is 12.4. The van der Waals surface area contributed by atoms with Gasteiger partial charge in [-0.25, -0.2) is 0 Å². The van der Waals surface area contributed by atoms with Crippen molar-refractivity contribution in [1.29, 1.82) is 0 Å². The SMILES string of the molecule is NCc1ccc2c(cnn2Cc2ccccc2)c1. The lowest BCUT2D eigenvalue weighted by atomic mass is 10.1. The number of hydrogen-bond donors (Lipinski definition) is 1. The lowest BCUT2D eigenvalue weighted by Crippen LogP contribution is -2.01. The number of nitrogens with zero attached hydrogens (tertiary/aromatic N) is 2. The van der Waals surface area contributed by atoms with E-state index in [1.165, 1.54) is 5.56 Å². The molecule has 1 aromatic heterocycles. The molecule has 0 amide bonds. The Balaban J connectivity index is 1.98. The minimum absolute atomic E-state index is 0.569. The highest BCUT2D eigenvalue weighted by Gasteiger charge is 2.03. The fraction of sp³-hybridized carbons (Fsp3) is 0.133. The zero-order valence-corrected chi connectivity index (χ0v) is 10.1. The molecule has 0 fully saturated rings. The van der Waals surface area contributed by atoms with Gasteiger partial charge in [-0.05, 0) is 23.3 Å². The predicted octanol–water partition coefficient (Wildman–Crippen LogP) is 2.54. The van der Waals surface area contributed by atoms with Crippen molar-refractivity contribution in [3.63, 3.8) is 0 Å². The van der Waals surface area contributed by atoms with Gasteiger partial charge in [0.1, 0.15) is 0 Å². The van der Waals surface area contributed by atoms with Crippen molar-refractivity contribution in [2.24, 2.45) is 5.73 Å². The van der Waals surface area contributed by atoms with Crippen LogP contribution in [0.4, 0.5) is 0 Å². The molecule has 0 radical (unpaired) electrons. The molecule has 0 bridgehead atoms. The Morgan fingerprint density at radius 1 is 1.00 bits per heavy atom. The number of nitrogens with two attached hydrogens (primary N) is 1. The van der Waals surface area contributed by atoms with E-state index in [4.69, 9.17) is 5.73 Å². The monoisotopic (exact) mass is 237 g/mol. The largest absolute Gasteiger partial charge is 0.326 e. The van der Waals surface area contributed by atoms with Crippen LogP contribution in [0, 0.1) is 0 Å². The molecular weight excluding hydrogens is 222 g/mol. The highest BCUT2D eigenvalue weighted by molar-refractivity contribution is 5.79. The van der Waals surface area contributed by atoms with Gasteiger partial charge in [-0.2, -0.15) is 5.10 Å². The Morgan fingerprint density at radius 3 is 2.61 bits per heavy atom. The van der Waals surface area contributed by atoms with E-state index in [0.29, 0.717) is 6.54 Å². The fourth-order valence-corrected chi connectivity index (χ4v) is 2.15. The van der Waals surface area contributed by atoms with Gasteiger partial charge >= 0.3 is 0 Å². The third-order valence-corrected chi connectivity index (χ3v) is 3.12. The molecule has 0 unspecified atom stereocenters. The van der Waals surface area contributed by atoms with E-state index >= 15 is 0 Å². The summed E-state index contributed by atoms with van der Waals surface area (Å²) >= 11 is 0. The van der Waals surface area contributed by atoms with Crippen molar-refractivity contribution >= 4 is 10.9 Å². The summed E-state index contributed by atoms with van der Waals surface area (Å²) in [5.41, 5.74) is 9.19. The van der Waals surface area contributed by atoms with E-state index in [-0.39, 0.29) is 0 Å². The third kappa shape index (κ3) is 2.00. The average Bonchev–Trinajstić information content (AvgIpc) is 2.82. The number of benzene rings is 2. The van der Waals surface area contributed by atoms with Crippen molar-refractivity contribution in [3.05, 3.63) is 65.9 Å². The highest BCUT2D eigenvalue weighted by atomic mass is 15.3. The standard InChI is InChI=1S/C15H15N3/c16-9-13-6-7-15-14(8-13)10-17-18(15)11-12-4-2-1-3-5-12/h1-8,10H,9,11,16H2. The molecule has 0 saturated heterocycles. The van der Waals surface area contributed by atoms with Crippen LogP contribution in [0.2, 0.25) is 0 Å². The first kappa shape index (κ1) is 11.0. The molecule has 3 nitrogen and oxygen atoms in total. The summed E-state index contributed by atoms with van der Waals surface area (Å²) < 4.78 is 2.02. The van der Waals surface area contributed by atoms with E-state index in [1.54, 1.807) is 0 Å². The van der Waals surface area contributed by atoms with E-state index in [2.05, 4.69) is 35.4 Å². The van der Waals surface area contributed by atoms with Gasteiger partial charge in [-0.3, -0.25) is 4.68 Å². The molecule has 0 saturated carbocycles. The zero-order valence-electron chi connectivity index (χ0n) is 10.1. The molecule has 90 valence electrons. The lowest BCUT2D eigenvalue weighted by molar-refractivity contribution is 0.712. The Hall–Kier alpha value is -2.13. The average molecular weight is 237 g/mol. The first-order valence-electron chi connectivity index (χ1n) is 6.05. The summed E-state index contributed by atoms with van der Waals surface area (Å²) in [5, 5.41) is 5.59. The molecule has 2 aromatic carbocycles. The summed E-state index contributed by atoms with van der Waals surface area (Å²) in [5.74, 6) is 0. The van der Waals surface area contributed by atoms with Crippen molar-refractivity contribution in [1.82, 2.24) is 9.78 Å². The maximum Gasteiger partial charge on any atom is 0.0686 e. The van der Waals surface area contributed by atoms with E-state index in [1.807, 2.05) is 29.1 Å². The highest BCUT2D eigenvalue weighted by Crippen LogP contribution is 2.16. The molecule has 0 aliphatic heterocycles. The molecule has 1 heterocycles. The summed E-state index contributed by atoms with van der Waals surface area (Å²) in [7, 11) is 0. The molecule has 3 heteroatoms. The molecule has 0 aliphatic carbocycles. The second-order valence-electron chi connectivity index (χ2n) is 4.39. The molecule has 3 rings (SSSR count). The van der Waals surface area contributed by atoms with Crippen LogP contribution in [0.5, 0.6) is 0 Å². The van der Waals surface area contributed by atoms with Crippen LogP contribution in [-0.4, -0.2) is 9.78 Å². The van der Waals surface area contributed by atoms with Gasteiger partial charge in [-0.15, -0.1) is 0 Å². The lowest BCUT2D eigenvalue weighted by Gasteiger charge is -2.04. The predicted molar refractivity (Wildman–Crippen MR) is 73.2 cm³/mol. The molecule has 3 aromatic rings. The molecule has 0 atom stereocenters. The topological polar surface area (TPSA) is 43.8 Å². The molecule has 0 spiro atoms. The quantitative estimate of drug-likeness (QED) is 0.760. The van der Waals surface area contributed by atoms with E-state index in [0.717, 1.165) is 23.0 Å². The van der Waals surface area contributed by atoms with Gasteiger partial charge in [-0.1, -0.05) is 36.4 Å². The smallest absolute Gasteiger partial charge is 0.0686 e. The second kappa shape index (κ2) is 4.63. The number of rotatable bonds is 3. The van der Waals surface area contributed by atoms with E-state index < -0.39 is 0 Å². The number of aromatic nitrogens is 2. The van der Waals surface area contributed by atoms with Gasteiger partial charge in [0.2, 0.25) is 0 Å². The summed E-state index contributed by atoms with van der Waals surface area (Å²) in [4.78, 5) is 0. The minimum Gasteiger partial charge on any atom is -0.326 e. The summed E-state index contributed by atoms with van der Waals surface area (Å²) in [6.07, 6.45) is 1.90. The number of hydrogen-bond acceptors (Lipinski definition) is 2. The molecular formula is C15H15N3. The van der Waals surface area contributed by atoms with Crippen LogP contribution in [0.1, 0.15) is 11.1 Å². The van der Waals surface area contributed by atoms with Gasteiger partial charge < -0.3 is 5.73 Å².